The van der Waals surface area contributed by atoms with Crippen molar-refractivity contribution < 1.29 is 13.2 Å². The van der Waals surface area contributed by atoms with Crippen LogP contribution in [0.5, 0.6) is 0 Å². The van der Waals surface area contributed by atoms with E-state index in [4.69, 9.17) is 5.73 Å². The number of amides is 1. The van der Waals surface area contributed by atoms with Crippen molar-refractivity contribution in [2.45, 2.75) is 50.5 Å². The number of hydrogen-bond acceptors (Lipinski definition) is 4. The van der Waals surface area contributed by atoms with E-state index >= 15 is 0 Å². The Morgan fingerprint density at radius 3 is 2.62 bits per heavy atom. The molecule has 1 aromatic carbocycles. The maximum atomic E-state index is 12.5. The van der Waals surface area contributed by atoms with Gasteiger partial charge in [0.15, 0.2) is 9.84 Å². The van der Waals surface area contributed by atoms with Crippen molar-refractivity contribution in [2.75, 3.05) is 11.9 Å². The predicted molar refractivity (Wildman–Crippen MR) is 97.3 cm³/mol. The molecule has 1 aliphatic carbocycles. The summed E-state index contributed by atoms with van der Waals surface area (Å²) in [5, 5.41) is 2.92. The van der Waals surface area contributed by atoms with E-state index in [0.29, 0.717) is 17.8 Å². The lowest BCUT2D eigenvalue weighted by Gasteiger charge is -2.20. The lowest BCUT2D eigenvalue weighted by molar-refractivity contribution is -0.120. The third-order valence-corrected chi connectivity index (χ3v) is 7.36. The summed E-state index contributed by atoms with van der Waals surface area (Å²) in [5.41, 5.74) is 7.07. The van der Waals surface area contributed by atoms with Crippen LogP contribution in [-0.2, 0) is 20.4 Å². The number of carbonyl (C=O) groups is 1. The molecule has 1 aromatic rings. The molecule has 6 heteroatoms. The number of hydrogen-bond donors (Lipinski definition) is 2. The van der Waals surface area contributed by atoms with Crippen molar-refractivity contribution in [3.05, 3.63) is 29.8 Å². The van der Waals surface area contributed by atoms with E-state index < -0.39 is 14.6 Å². The molecule has 0 bridgehead atoms. The molecule has 0 aromatic heterocycles. The van der Waals surface area contributed by atoms with Crippen molar-refractivity contribution in [3.8, 4) is 0 Å². The monoisotopic (exact) mass is 352 g/mol. The van der Waals surface area contributed by atoms with E-state index in [9.17, 15) is 13.2 Å². The first kappa shape index (κ1) is 18.9. The van der Waals surface area contributed by atoms with E-state index in [1.807, 2.05) is 0 Å². The fourth-order valence-corrected chi connectivity index (χ4v) is 4.13. The molecule has 0 saturated heterocycles. The zero-order valence-electron chi connectivity index (χ0n) is 14.7. The minimum absolute atomic E-state index is 0.0150. The maximum Gasteiger partial charge on any atom is 0.227 e. The van der Waals surface area contributed by atoms with Gasteiger partial charge in [-0.2, -0.15) is 0 Å². The molecule has 24 heavy (non-hydrogen) atoms. The van der Waals surface area contributed by atoms with Crippen LogP contribution in [-0.4, -0.2) is 25.6 Å². The highest BCUT2D eigenvalue weighted by Gasteiger charge is 2.32. The third kappa shape index (κ3) is 4.36. The number of nitrogens with two attached hydrogens (primary N) is 1. The van der Waals surface area contributed by atoms with Crippen LogP contribution in [0.1, 0.15) is 45.6 Å². The SMILES string of the molecule is CC(C)(C)S(=O)(=O)Cc1cccc(NC(=O)[C@@H]2CCC[C@@H]2CN)c1. The van der Waals surface area contributed by atoms with Gasteiger partial charge in [-0.3, -0.25) is 4.79 Å². The maximum absolute atomic E-state index is 12.5. The Kier molecular flexibility index (Phi) is 5.71. The van der Waals surface area contributed by atoms with Crippen molar-refractivity contribution in [2.24, 2.45) is 17.6 Å². The summed E-state index contributed by atoms with van der Waals surface area (Å²) in [6, 6.07) is 7.08. The molecule has 0 aliphatic heterocycles. The molecule has 0 heterocycles. The normalized spacial score (nSPS) is 21.7. The van der Waals surface area contributed by atoms with Crippen LogP contribution >= 0.6 is 0 Å². The Hall–Kier alpha value is -1.40. The Bertz CT molecular complexity index is 692. The number of anilines is 1. The second-order valence-corrected chi connectivity index (χ2v) is 10.3. The van der Waals surface area contributed by atoms with Gasteiger partial charge < -0.3 is 11.1 Å². The highest BCUT2D eigenvalue weighted by atomic mass is 32.2. The summed E-state index contributed by atoms with van der Waals surface area (Å²) in [6.07, 6.45) is 2.90. The first-order valence-corrected chi connectivity index (χ1v) is 10.1. The number of carbonyl (C=O) groups excluding carboxylic acids is 1. The molecule has 0 radical (unpaired) electrons. The van der Waals surface area contributed by atoms with Gasteiger partial charge in [-0.05, 0) is 63.8 Å². The van der Waals surface area contributed by atoms with E-state index in [-0.39, 0.29) is 23.5 Å². The van der Waals surface area contributed by atoms with Gasteiger partial charge in [0.1, 0.15) is 0 Å². The number of nitrogens with one attached hydrogen (secondary N) is 1. The smallest absolute Gasteiger partial charge is 0.227 e. The third-order valence-electron chi connectivity index (χ3n) is 4.78. The van der Waals surface area contributed by atoms with Gasteiger partial charge in [-0.1, -0.05) is 18.6 Å². The summed E-state index contributed by atoms with van der Waals surface area (Å²) in [7, 11) is -3.25. The van der Waals surface area contributed by atoms with Crippen molar-refractivity contribution in [3.63, 3.8) is 0 Å². The molecule has 134 valence electrons. The lowest BCUT2D eigenvalue weighted by Crippen LogP contribution is -2.30. The van der Waals surface area contributed by atoms with E-state index in [1.54, 1.807) is 45.0 Å². The molecule has 5 nitrogen and oxygen atoms in total. The van der Waals surface area contributed by atoms with Crippen LogP contribution in [0, 0.1) is 11.8 Å². The van der Waals surface area contributed by atoms with Crippen LogP contribution < -0.4 is 11.1 Å². The van der Waals surface area contributed by atoms with Crippen LogP contribution in [0.2, 0.25) is 0 Å². The van der Waals surface area contributed by atoms with E-state index in [2.05, 4.69) is 5.32 Å². The van der Waals surface area contributed by atoms with Gasteiger partial charge >= 0.3 is 0 Å². The van der Waals surface area contributed by atoms with Gasteiger partial charge in [-0.15, -0.1) is 0 Å². The van der Waals surface area contributed by atoms with E-state index in [0.717, 1.165) is 19.3 Å². The first-order chi connectivity index (χ1) is 11.1. The van der Waals surface area contributed by atoms with Gasteiger partial charge in [-0.25, -0.2) is 8.42 Å². The topological polar surface area (TPSA) is 89.3 Å². The van der Waals surface area contributed by atoms with Gasteiger partial charge in [0.25, 0.3) is 0 Å². The fourth-order valence-electron chi connectivity index (χ4n) is 3.07. The predicted octanol–water partition coefficient (Wildman–Crippen LogP) is 2.71. The van der Waals surface area contributed by atoms with Crippen molar-refractivity contribution in [1.29, 1.82) is 0 Å². The first-order valence-electron chi connectivity index (χ1n) is 8.46. The summed E-state index contributed by atoms with van der Waals surface area (Å²) in [5.74, 6) is 0.153. The number of benzene rings is 1. The second-order valence-electron chi connectivity index (χ2n) is 7.59. The molecular formula is C18H28N2O3S. The largest absolute Gasteiger partial charge is 0.330 e. The molecule has 1 aliphatic rings. The average molecular weight is 353 g/mol. The van der Waals surface area contributed by atoms with Crippen LogP contribution in [0.4, 0.5) is 5.69 Å². The molecular weight excluding hydrogens is 324 g/mol. The Morgan fingerprint density at radius 2 is 2.00 bits per heavy atom. The molecule has 1 fully saturated rings. The lowest BCUT2D eigenvalue weighted by atomic mass is 9.95. The summed E-state index contributed by atoms with van der Waals surface area (Å²) < 4.78 is 23.9. The highest BCUT2D eigenvalue weighted by Crippen LogP contribution is 2.32. The molecule has 0 spiro atoms. The Balaban J connectivity index is 2.09. The fraction of sp³-hybridized carbons (Fsp3) is 0.611. The summed E-state index contributed by atoms with van der Waals surface area (Å²) >= 11 is 0. The van der Waals surface area contributed by atoms with Crippen LogP contribution in [0.3, 0.4) is 0 Å². The average Bonchev–Trinajstić information content (AvgIpc) is 2.94. The van der Waals surface area contributed by atoms with Crippen LogP contribution in [0.25, 0.3) is 0 Å². The number of rotatable bonds is 5. The number of sulfone groups is 1. The summed E-state index contributed by atoms with van der Waals surface area (Å²) in [6.45, 7) is 5.62. The molecule has 1 saturated carbocycles. The molecule has 1 amide bonds. The summed E-state index contributed by atoms with van der Waals surface area (Å²) in [4.78, 5) is 12.5. The molecule has 0 unspecified atom stereocenters. The Morgan fingerprint density at radius 1 is 1.29 bits per heavy atom. The van der Waals surface area contributed by atoms with Gasteiger partial charge in [0.05, 0.1) is 10.5 Å². The molecule has 3 N–H and O–H groups in total. The molecule has 2 rings (SSSR count). The highest BCUT2D eigenvalue weighted by molar-refractivity contribution is 7.91. The van der Waals surface area contributed by atoms with Gasteiger partial charge in [0.2, 0.25) is 5.91 Å². The van der Waals surface area contributed by atoms with Gasteiger partial charge in [0, 0.05) is 11.6 Å². The zero-order valence-corrected chi connectivity index (χ0v) is 15.5. The van der Waals surface area contributed by atoms with Crippen molar-refractivity contribution >= 4 is 21.4 Å². The van der Waals surface area contributed by atoms with Crippen molar-refractivity contribution in [1.82, 2.24) is 0 Å². The molecule has 2 atom stereocenters. The standard InChI is InChI=1S/C18H28N2O3S/c1-18(2,3)24(22,23)12-13-6-4-8-15(10-13)20-17(21)16-9-5-7-14(16)11-19/h4,6,8,10,14,16H,5,7,9,11-12,19H2,1-3H3,(H,20,21)/t14-,16-/m1/s1. The minimum Gasteiger partial charge on any atom is -0.330 e. The van der Waals surface area contributed by atoms with E-state index in [1.165, 1.54) is 0 Å². The quantitative estimate of drug-likeness (QED) is 0.852. The second kappa shape index (κ2) is 7.23. The van der Waals surface area contributed by atoms with Crippen LogP contribution in [0.15, 0.2) is 24.3 Å². The zero-order chi connectivity index (χ0) is 18.0. The Labute approximate surface area is 144 Å². The minimum atomic E-state index is -3.25.